The molecule has 4 aromatic carbocycles. The summed E-state index contributed by atoms with van der Waals surface area (Å²) in [5, 5.41) is 41.9. The van der Waals surface area contributed by atoms with Crippen LogP contribution in [0.4, 0.5) is 11.4 Å². The molecule has 44 heavy (non-hydrogen) atoms. The van der Waals surface area contributed by atoms with Crippen LogP contribution in [0.1, 0.15) is 22.3 Å². The van der Waals surface area contributed by atoms with E-state index in [4.69, 9.17) is 18.9 Å². The second-order valence-corrected chi connectivity index (χ2v) is 9.77. The minimum absolute atomic E-state index is 0.0553. The number of hydrogen-bond donors (Lipinski definition) is 2. The Hall–Kier alpha value is -4.88. The Morgan fingerprint density at radius 3 is 1.25 bits per heavy atom. The third kappa shape index (κ3) is 7.74. The summed E-state index contributed by atoms with van der Waals surface area (Å²) < 4.78 is 23.3. The Bertz CT molecular complexity index is 1430. The predicted octanol–water partition coefficient (Wildman–Crippen LogP) is 6.12. The van der Waals surface area contributed by atoms with Crippen LogP contribution in [-0.2, 0) is 35.5 Å². The van der Waals surface area contributed by atoms with Gasteiger partial charge in [0.25, 0.3) is 11.4 Å². The Morgan fingerprint density at radius 1 is 0.591 bits per heavy atom. The van der Waals surface area contributed by atoms with Crippen molar-refractivity contribution in [3.8, 4) is 34.1 Å². The van der Waals surface area contributed by atoms with Crippen molar-refractivity contribution in [3.63, 3.8) is 0 Å². The quantitative estimate of drug-likeness (QED) is 0.119. The van der Waals surface area contributed by atoms with Gasteiger partial charge in [0.15, 0.2) is 0 Å². The largest absolute Gasteiger partial charge is 0.457 e. The van der Waals surface area contributed by atoms with E-state index in [9.17, 15) is 30.4 Å². The number of aliphatic hydroxyl groups is 2. The van der Waals surface area contributed by atoms with E-state index in [-0.39, 0.29) is 50.6 Å². The highest BCUT2D eigenvalue weighted by molar-refractivity contribution is 5.71. The molecule has 0 spiro atoms. The molecule has 230 valence electrons. The summed E-state index contributed by atoms with van der Waals surface area (Å²) in [6.07, 6.45) is 0.511. The third-order valence-corrected chi connectivity index (χ3v) is 6.72. The molecule has 0 saturated heterocycles. The van der Waals surface area contributed by atoms with Gasteiger partial charge < -0.3 is 29.2 Å². The number of aliphatic hydroxyl groups excluding tert-OH is 2. The van der Waals surface area contributed by atoms with Crippen molar-refractivity contribution < 1.29 is 39.0 Å². The fourth-order valence-electron chi connectivity index (χ4n) is 4.75. The molecule has 2 N–H and O–H groups in total. The molecule has 0 unspecified atom stereocenters. The zero-order valence-corrected chi connectivity index (χ0v) is 24.2. The first kappa shape index (κ1) is 32.0. The zero-order valence-electron chi connectivity index (χ0n) is 24.2. The summed E-state index contributed by atoms with van der Waals surface area (Å²) in [5.41, 5.74) is 4.21. The van der Waals surface area contributed by atoms with Gasteiger partial charge in [-0.05, 0) is 83.6 Å². The number of benzene rings is 4. The molecule has 4 aromatic rings. The van der Waals surface area contributed by atoms with Crippen molar-refractivity contribution in [2.24, 2.45) is 0 Å². The maximum absolute atomic E-state index is 11.1. The van der Waals surface area contributed by atoms with Gasteiger partial charge in [-0.25, -0.2) is 0 Å². The summed E-state index contributed by atoms with van der Waals surface area (Å²) in [7, 11) is 3.11. The summed E-state index contributed by atoms with van der Waals surface area (Å²) in [5.74, 6) is 1.73. The van der Waals surface area contributed by atoms with Crippen molar-refractivity contribution in [1.29, 1.82) is 0 Å². The molecule has 0 saturated carbocycles. The molecule has 0 aliphatic heterocycles. The number of hydrogen-bond acceptors (Lipinski definition) is 10. The van der Waals surface area contributed by atoms with Gasteiger partial charge in [0.2, 0.25) is 0 Å². The van der Waals surface area contributed by atoms with E-state index in [1.165, 1.54) is 48.5 Å². The predicted molar refractivity (Wildman–Crippen MR) is 161 cm³/mol. The van der Waals surface area contributed by atoms with Gasteiger partial charge in [-0.1, -0.05) is 0 Å². The summed E-state index contributed by atoms with van der Waals surface area (Å²) >= 11 is 0. The van der Waals surface area contributed by atoms with Crippen LogP contribution < -0.4 is 9.47 Å². The average Bonchev–Trinajstić information content (AvgIpc) is 3.01. The molecule has 0 bridgehead atoms. The first-order valence-electron chi connectivity index (χ1n) is 13.6. The topological polar surface area (TPSA) is 164 Å². The average molecular weight is 605 g/mol. The number of ether oxygens (including phenoxy) is 4. The van der Waals surface area contributed by atoms with E-state index in [0.29, 0.717) is 45.3 Å². The van der Waals surface area contributed by atoms with Gasteiger partial charge in [-0.15, -0.1) is 0 Å². The van der Waals surface area contributed by atoms with E-state index in [1.807, 2.05) is 24.3 Å². The fourth-order valence-corrected chi connectivity index (χ4v) is 4.75. The lowest BCUT2D eigenvalue weighted by molar-refractivity contribution is -0.385. The Kier molecular flexibility index (Phi) is 10.9. The van der Waals surface area contributed by atoms with Crippen molar-refractivity contribution in [2.75, 3.05) is 27.4 Å². The van der Waals surface area contributed by atoms with E-state index in [1.54, 1.807) is 14.2 Å². The zero-order chi connectivity index (χ0) is 31.6. The van der Waals surface area contributed by atoms with Crippen LogP contribution in [-0.4, -0.2) is 47.5 Å². The van der Waals surface area contributed by atoms with Gasteiger partial charge in [0.05, 0.1) is 23.1 Å². The van der Waals surface area contributed by atoms with E-state index >= 15 is 0 Å². The molecule has 12 heteroatoms. The Balaban J connectivity index is 1.80. The van der Waals surface area contributed by atoms with Crippen LogP contribution in [0.3, 0.4) is 0 Å². The smallest absolute Gasteiger partial charge is 0.269 e. The van der Waals surface area contributed by atoms with Gasteiger partial charge in [0, 0.05) is 62.8 Å². The SMILES string of the molecule is COCc1cc(-c2cc(CCO)c(Oc3ccc([N+](=O)[O-])cc3)c(CCO)c2)cc(COC)c1Oc1ccc([N+](=O)[O-])cc1. The maximum atomic E-state index is 11.1. The van der Waals surface area contributed by atoms with Crippen LogP contribution in [0.5, 0.6) is 23.0 Å². The van der Waals surface area contributed by atoms with Crippen LogP contribution in [0.15, 0.2) is 72.8 Å². The van der Waals surface area contributed by atoms with Crippen molar-refractivity contribution >= 4 is 11.4 Å². The molecular formula is C32H32N2O10. The van der Waals surface area contributed by atoms with Crippen molar-refractivity contribution in [1.82, 2.24) is 0 Å². The lowest BCUT2D eigenvalue weighted by Crippen LogP contribution is -2.04. The monoisotopic (exact) mass is 604 g/mol. The van der Waals surface area contributed by atoms with Gasteiger partial charge in [0.1, 0.15) is 23.0 Å². The molecule has 0 fully saturated rings. The van der Waals surface area contributed by atoms with E-state index in [0.717, 1.165) is 11.1 Å². The second kappa shape index (κ2) is 15.0. The van der Waals surface area contributed by atoms with Crippen molar-refractivity contribution in [3.05, 3.63) is 115 Å². The van der Waals surface area contributed by atoms with Crippen LogP contribution >= 0.6 is 0 Å². The lowest BCUT2D eigenvalue weighted by atomic mass is 9.93. The number of methoxy groups -OCH3 is 2. The number of rotatable bonds is 15. The minimum Gasteiger partial charge on any atom is -0.457 e. The van der Waals surface area contributed by atoms with E-state index in [2.05, 4.69) is 0 Å². The number of nitro benzene ring substituents is 2. The second-order valence-electron chi connectivity index (χ2n) is 9.77. The van der Waals surface area contributed by atoms with Crippen molar-refractivity contribution in [2.45, 2.75) is 26.1 Å². The molecule has 0 atom stereocenters. The summed E-state index contributed by atoms with van der Waals surface area (Å²) in [6, 6.07) is 19.0. The minimum atomic E-state index is -0.495. The number of nitro groups is 2. The highest BCUT2D eigenvalue weighted by Crippen LogP contribution is 2.39. The molecule has 4 rings (SSSR count). The molecular weight excluding hydrogens is 572 g/mol. The number of nitrogens with zero attached hydrogens (tertiary/aromatic N) is 2. The molecule has 0 aliphatic carbocycles. The number of non-ortho nitro benzene ring substituents is 2. The molecule has 12 nitrogen and oxygen atoms in total. The highest BCUT2D eigenvalue weighted by Gasteiger charge is 2.19. The molecule has 0 aromatic heterocycles. The summed E-state index contributed by atoms with van der Waals surface area (Å²) in [6.45, 7) is 0.0669. The normalized spacial score (nSPS) is 10.9. The molecule has 0 heterocycles. The van der Waals surface area contributed by atoms with Gasteiger partial charge >= 0.3 is 0 Å². The Morgan fingerprint density at radius 2 is 0.932 bits per heavy atom. The van der Waals surface area contributed by atoms with Gasteiger partial charge in [-0.2, -0.15) is 0 Å². The van der Waals surface area contributed by atoms with Crippen LogP contribution in [0.2, 0.25) is 0 Å². The standard InChI is InChI=1S/C32H32N2O10/c1-41-19-25-17-24(18-26(20-42-2)32(25)44-30-9-5-28(6-10-30)34(39)40)23-15-21(11-13-35)31(22(16-23)12-14-36)43-29-7-3-27(4-8-29)33(37)38/h3-10,15-18,35-36H,11-14,19-20H2,1-2H3. The maximum Gasteiger partial charge on any atom is 0.269 e. The highest BCUT2D eigenvalue weighted by atomic mass is 16.6. The van der Waals surface area contributed by atoms with Crippen LogP contribution in [0.25, 0.3) is 11.1 Å². The fraction of sp³-hybridized carbons (Fsp3) is 0.250. The first-order valence-corrected chi connectivity index (χ1v) is 13.6. The van der Waals surface area contributed by atoms with Crippen LogP contribution in [0, 0.1) is 20.2 Å². The van der Waals surface area contributed by atoms with E-state index < -0.39 is 9.85 Å². The lowest BCUT2D eigenvalue weighted by Gasteiger charge is -2.20. The summed E-state index contributed by atoms with van der Waals surface area (Å²) in [4.78, 5) is 21.2. The Labute approximate surface area is 253 Å². The molecule has 0 aliphatic rings. The first-order chi connectivity index (χ1) is 21.3. The third-order valence-electron chi connectivity index (χ3n) is 6.72. The molecule has 0 amide bonds. The molecule has 0 radical (unpaired) electrons. The van der Waals surface area contributed by atoms with Gasteiger partial charge in [-0.3, -0.25) is 20.2 Å².